The van der Waals surface area contributed by atoms with Gasteiger partial charge in [0.15, 0.2) is 6.61 Å². The number of amides is 2. The smallest absolute Gasteiger partial charge is 0.416 e. The van der Waals surface area contributed by atoms with Gasteiger partial charge in [-0.05, 0) is 54.1 Å². The van der Waals surface area contributed by atoms with Crippen LogP contribution in [0, 0.1) is 0 Å². The molecule has 0 radical (unpaired) electrons. The molecule has 8 nitrogen and oxygen atoms in total. The van der Waals surface area contributed by atoms with Crippen LogP contribution in [0.5, 0.6) is 11.5 Å². The molecule has 1 aliphatic rings. The number of anilines is 1. The van der Waals surface area contributed by atoms with E-state index in [9.17, 15) is 31.2 Å². The molecule has 0 fully saturated rings. The number of carbonyl (C=O) groups excluding carboxylic acids is 2. The highest BCUT2D eigenvalue weighted by Crippen LogP contribution is 2.36. The van der Waals surface area contributed by atoms with Gasteiger partial charge in [-0.15, -0.1) is 0 Å². The minimum Gasteiger partial charge on any atom is -0.493 e. The van der Waals surface area contributed by atoms with Crippen LogP contribution in [0.2, 0.25) is 0 Å². The van der Waals surface area contributed by atoms with Crippen LogP contribution in [-0.2, 0) is 34.0 Å². The number of fused-ring (bicyclic) bond motifs is 1. The van der Waals surface area contributed by atoms with E-state index < -0.39 is 34.3 Å². The zero-order chi connectivity index (χ0) is 27.5. The molecule has 0 saturated carbocycles. The van der Waals surface area contributed by atoms with Crippen molar-refractivity contribution in [2.24, 2.45) is 0 Å². The second-order valence-corrected chi connectivity index (χ2v) is 10.3. The summed E-state index contributed by atoms with van der Waals surface area (Å²) in [6.45, 7) is -0.0514. The lowest BCUT2D eigenvalue weighted by Gasteiger charge is -2.17. The van der Waals surface area contributed by atoms with Crippen molar-refractivity contribution in [3.8, 4) is 11.5 Å². The van der Waals surface area contributed by atoms with Crippen molar-refractivity contribution in [1.29, 1.82) is 0 Å². The average molecular weight is 549 g/mol. The predicted octanol–water partition coefficient (Wildman–Crippen LogP) is 3.94. The maximum atomic E-state index is 12.9. The van der Waals surface area contributed by atoms with Gasteiger partial charge in [0, 0.05) is 23.2 Å². The van der Waals surface area contributed by atoms with Crippen LogP contribution in [0.3, 0.4) is 0 Å². The van der Waals surface area contributed by atoms with Crippen LogP contribution in [0.1, 0.15) is 27.0 Å². The zero-order valence-corrected chi connectivity index (χ0v) is 20.9. The van der Waals surface area contributed by atoms with E-state index in [-0.39, 0.29) is 19.1 Å². The summed E-state index contributed by atoms with van der Waals surface area (Å²) in [6, 6.07) is 16.4. The first-order valence-corrected chi connectivity index (χ1v) is 13.3. The number of halogens is 3. The Morgan fingerprint density at radius 2 is 1.74 bits per heavy atom. The molecule has 38 heavy (non-hydrogen) atoms. The fraction of sp³-hybridized carbons (Fsp3) is 0.231. The summed E-state index contributed by atoms with van der Waals surface area (Å²) in [4.78, 5) is 25.9. The molecular weight excluding hydrogens is 525 g/mol. The molecule has 4 rings (SSSR count). The number of hydrogen-bond donors (Lipinski definition) is 1. The standard InChI is InChI=1S/C26H23F3N2O6S/c1-38(34,35)30-24(32)16-37-20-5-2-4-17(14-20)12-13-36-23-7-3-6-21-22(23)15-31(25(21)33)19-10-8-18(9-11-19)26(27,28)29/h2-11,14H,12-13,15-16H2,1H3,(H,30,32). The predicted molar refractivity (Wildman–Crippen MR) is 133 cm³/mol. The van der Waals surface area contributed by atoms with Crippen molar-refractivity contribution in [3.63, 3.8) is 0 Å². The van der Waals surface area contributed by atoms with Gasteiger partial charge in [0.1, 0.15) is 11.5 Å². The molecule has 0 aliphatic carbocycles. The largest absolute Gasteiger partial charge is 0.493 e. The highest BCUT2D eigenvalue weighted by molar-refractivity contribution is 7.89. The molecule has 0 bridgehead atoms. The number of nitrogens with zero attached hydrogens (tertiary/aromatic N) is 1. The van der Waals surface area contributed by atoms with E-state index in [1.54, 1.807) is 36.4 Å². The Bertz CT molecular complexity index is 1460. The highest BCUT2D eigenvalue weighted by atomic mass is 32.2. The quantitative estimate of drug-likeness (QED) is 0.435. The van der Waals surface area contributed by atoms with E-state index in [0.29, 0.717) is 34.7 Å². The fourth-order valence-electron chi connectivity index (χ4n) is 3.93. The number of nitrogens with one attached hydrogen (secondary N) is 1. The van der Waals surface area contributed by atoms with Crippen LogP contribution < -0.4 is 19.1 Å². The Morgan fingerprint density at radius 1 is 1.03 bits per heavy atom. The maximum absolute atomic E-state index is 12.9. The topological polar surface area (TPSA) is 102 Å². The maximum Gasteiger partial charge on any atom is 0.416 e. The molecule has 2 amide bonds. The molecule has 0 aromatic heterocycles. The van der Waals surface area contributed by atoms with Gasteiger partial charge in [0.2, 0.25) is 10.0 Å². The summed E-state index contributed by atoms with van der Waals surface area (Å²) >= 11 is 0. The number of benzene rings is 3. The zero-order valence-electron chi connectivity index (χ0n) is 20.1. The van der Waals surface area contributed by atoms with Crippen molar-refractivity contribution in [3.05, 3.63) is 89.0 Å². The van der Waals surface area contributed by atoms with Crippen molar-refractivity contribution < 1.29 is 40.7 Å². The molecule has 12 heteroatoms. The average Bonchev–Trinajstić information content (AvgIpc) is 3.19. The third-order valence-corrected chi connectivity index (χ3v) is 6.25. The summed E-state index contributed by atoms with van der Waals surface area (Å²) in [7, 11) is -3.67. The van der Waals surface area contributed by atoms with Crippen molar-refractivity contribution in [2.75, 3.05) is 24.4 Å². The number of ether oxygens (including phenoxy) is 2. The molecule has 0 saturated heterocycles. The fourth-order valence-corrected chi connectivity index (χ4v) is 4.41. The monoisotopic (exact) mass is 548 g/mol. The molecule has 0 spiro atoms. The summed E-state index contributed by atoms with van der Waals surface area (Å²) in [5.74, 6) is -0.242. The van der Waals surface area contributed by atoms with Gasteiger partial charge in [0.05, 0.1) is 25.0 Å². The molecule has 200 valence electrons. The third kappa shape index (κ3) is 6.62. The molecule has 1 aliphatic heterocycles. The van der Waals surface area contributed by atoms with E-state index in [0.717, 1.165) is 24.0 Å². The van der Waals surface area contributed by atoms with Crippen LogP contribution >= 0.6 is 0 Å². The van der Waals surface area contributed by atoms with Crippen LogP contribution in [0.4, 0.5) is 18.9 Å². The lowest BCUT2D eigenvalue weighted by molar-refractivity contribution is -0.137. The normalized spacial score (nSPS) is 13.3. The Morgan fingerprint density at radius 3 is 2.42 bits per heavy atom. The first-order valence-electron chi connectivity index (χ1n) is 11.4. The molecule has 1 N–H and O–H groups in total. The van der Waals surface area contributed by atoms with Crippen LogP contribution in [0.15, 0.2) is 66.7 Å². The number of hydrogen-bond acceptors (Lipinski definition) is 6. The first kappa shape index (κ1) is 27.0. The summed E-state index contributed by atoms with van der Waals surface area (Å²) in [6.07, 6.45) is -3.13. The van der Waals surface area contributed by atoms with Gasteiger partial charge < -0.3 is 14.4 Å². The molecular formula is C26H23F3N2O6S. The van der Waals surface area contributed by atoms with E-state index in [4.69, 9.17) is 9.47 Å². The van der Waals surface area contributed by atoms with E-state index >= 15 is 0 Å². The Kier molecular flexibility index (Phi) is 7.63. The molecule has 3 aromatic carbocycles. The number of alkyl halides is 3. The third-order valence-electron chi connectivity index (χ3n) is 5.65. The lowest BCUT2D eigenvalue weighted by atomic mass is 10.1. The van der Waals surface area contributed by atoms with Crippen molar-refractivity contribution in [1.82, 2.24) is 4.72 Å². The van der Waals surface area contributed by atoms with Gasteiger partial charge in [-0.3, -0.25) is 14.3 Å². The minimum absolute atomic E-state index is 0.161. The summed E-state index contributed by atoms with van der Waals surface area (Å²) in [5, 5.41) is 0. The number of rotatable bonds is 9. The minimum atomic E-state index is -4.46. The SMILES string of the molecule is CS(=O)(=O)NC(=O)COc1cccc(CCOc2cccc3c2CN(c2ccc(C(F)(F)F)cc2)C3=O)c1. The number of sulfonamides is 1. The second kappa shape index (κ2) is 10.7. The van der Waals surface area contributed by atoms with E-state index in [2.05, 4.69) is 0 Å². The van der Waals surface area contributed by atoms with Crippen LogP contribution in [-0.4, -0.2) is 39.7 Å². The summed E-state index contributed by atoms with van der Waals surface area (Å²) < 4.78 is 74.0. The van der Waals surface area contributed by atoms with Gasteiger partial charge in [-0.1, -0.05) is 18.2 Å². The van der Waals surface area contributed by atoms with Crippen molar-refractivity contribution >= 4 is 27.5 Å². The van der Waals surface area contributed by atoms with Gasteiger partial charge in [-0.2, -0.15) is 13.2 Å². The second-order valence-electron chi connectivity index (χ2n) is 8.55. The highest BCUT2D eigenvalue weighted by Gasteiger charge is 2.33. The molecule has 1 heterocycles. The van der Waals surface area contributed by atoms with Gasteiger partial charge in [0.25, 0.3) is 11.8 Å². The molecule has 0 unspecified atom stereocenters. The summed E-state index contributed by atoms with van der Waals surface area (Å²) in [5.41, 5.74) is 1.46. The number of carbonyl (C=O) groups is 2. The van der Waals surface area contributed by atoms with Crippen LogP contribution in [0.25, 0.3) is 0 Å². The van der Waals surface area contributed by atoms with Crippen molar-refractivity contribution in [2.45, 2.75) is 19.1 Å². The molecule has 3 aromatic rings. The Labute approximate surface area is 217 Å². The Balaban J connectivity index is 1.37. The lowest BCUT2D eigenvalue weighted by Crippen LogP contribution is -2.33. The van der Waals surface area contributed by atoms with Gasteiger partial charge in [-0.25, -0.2) is 8.42 Å². The first-order chi connectivity index (χ1) is 17.9. The van der Waals surface area contributed by atoms with E-state index in [1.807, 2.05) is 10.8 Å². The van der Waals surface area contributed by atoms with Gasteiger partial charge >= 0.3 is 6.18 Å². The Hall–Kier alpha value is -4.06. The molecule has 0 atom stereocenters. The van der Waals surface area contributed by atoms with E-state index in [1.165, 1.54) is 17.0 Å².